The molecule has 1 aromatic rings. The van der Waals surface area contributed by atoms with E-state index in [4.69, 9.17) is 9.84 Å². The van der Waals surface area contributed by atoms with Crippen LogP contribution in [0.5, 0.6) is 5.75 Å². The van der Waals surface area contributed by atoms with Gasteiger partial charge < -0.3 is 14.7 Å². The predicted octanol–water partition coefficient (Wildman–Crippen LogP) is 1.55. The lowest BCUT2D eigenvalue weighted by Crippen LogP contribution is -2.31. The number of hydrogen-bond donors (Lipinski definition) is 1. The van der Waals surface area contributed by atoms with Gasteiger partial charge in [0.15, 0.2) is 0 Å². The van der Waals surface area contributed by atoms with Crippen LogP contribution in [0.15, 0.2) is 18.2 Å². The summed E-state index contributed by atoms with van der Waals surface area (Å²) in [5.74, 6) is -0.619. The second kappa shape index (κ2) is 6.05. The highest BCUT2D eigenvalue weighted by Gasteiger charge is 2.15. The minimum absolute atomic E-state index is 0.314. The first kappa shape index (κ1) is 14.0. The number of aryl methyl sites for hydroxylation is 1. The van der Waals surface area contributed by atoms with Crippen molar-refractivity contribution in [1.29, 1.82) is 0 Å². The van der Waals surface area contributed by atoms with Crippen LogP contribution in [0.2, 0.25) is 0 Å². The molecule has 0 atom stereocenters. The number of ether oxygens (including phenoxy) is 1. The molecule has 0 bridgehead atoms. The quantitative estimate of drug-likeness (QED) is 0.862. The molecule has 1 N–H and O–H groups in total. The molecule has 0 saturated carbocycles. The fraction of sp³-hybridized carbons (Fsp3) is 0.385. The maximum absolute atomic E-state index is 11.9. The number of carbonyl (C=O) groups excluding carboxylic acids is 1. The first-order valence-corrected chi connectivity index (χ1v) is 5.66. The Morgan fingerprint density at radius 3 is 2.56 bits per heavy atom. The highest BCUT2D eigenvalue weighted by Crippen LogP contribution is 2.19. The Balaban J connectivity index is 2.87. The minimum Gasteiger partial charge on any atom is -0.494 e. The summed E-state index contributed by atoms with van der Waals surface area (Å²) in [6.07, 6.45) is 0. The van der Waals surface area contributed by atoms with Crippen molar-refractivity contribution in [3.05, 3.63) is 29.3 Å². The molecular weight excluding hydrogens is 234 g/mol. The molecule has 0 aliphatic rings. The van der Waals surface area contributed by atoms with Crippen molar-refractivity contribution in [3.8, 4) is 5.75 Å². The van der Waals surface area contributed by atoms with E-state index in [-0.39, 0.29) is 12.5 Å². The largest absolute Gasteiger partial charge is 0.494 e. The Labute approximate surface area is 106 Å². The van der Waals surface area contributed by atoms with E-state index >= 15 is 0 Å². The van der Waals surface area contributed by atoms with E-state index in [1.807, 2.05) is 13.8 Å². The van der Waals surface area contributed by atoms with Gasteiger partial charge in [-0.05, 0) is 37.6 Å². The number of carboxylic acid groups (broad SMARTS) is 1. The molecule has 5 nitrogen and oxygen atoms in total. The van der Waals surface area contributed by atoms with Crippen molar-refractivity contribution >= 4 is 11.9 Å². The third-order valence-corrected chi connectivity index (χ3v) is 2.44. The Hall–Kier alpha value is -2.04. The third-order valence-electron chi connectivity index (χ3n) is 2.44. The zero-order chi connectivity index (χ0) is 13.7. The van der Waals surface area contributed by atoms with Gasteiger partial charge in [0.1, 0.15) is 12.3 Å². The number of amides is 1. The van der Waals surface area contributed by atoms with E-state index in [1.165, 1.54) is 7.05 Å². The maximum atomic E-state index is 11.9. The molecule has 0 spiro atoms. The van der Waals surface area contributed by atoms with Crippen LogP contribution in [0.25, 0.3) is 0 Å². The van der Waals surface area contributed by atoms with Crippen LogP contribution in [0.1, 0.15) is 22.8 Å². The molecule has 0 fully saturated rings. The maximum Gasteiger partial charge on any atom is 0.323 e. The fourth-order valence-electron chi connectivity index (χ4n) is 1.59. The molecule has 0 aromatic heterocycles. The summed E-state index contributed by atoms with van der Waals surface area (Å²) in [5, 5.41) is 8.63. The van der Waals surface area contributed by atoms with Gasteiger partial charge in [-0.1, -0.05) is 0 Å². The Bertz CT molecular complexity index is 456. The zero-order valence-electron chi connectivity index (χ0n) is 10.8. The van der Waals surface area contributed by atoms with Crippen LogP contribution >= 0.6 is 0 Å². The number of rotatable bonds is 5. The second-order valence-corrected chi connectivity index (χ2v) is 3.97. The van der Waals surface area contributed by atoms with Crippen LogP contribution in [0.3, 0.4) is 0 Å². The Kier molecular flexibility index (Phi) is 4.71. The van der Waals surface area contributed by atoms with E-state index in [2.05, 4.69) is 0 Å². The smallest absolute Gasteiger partial charge is 0.323 e. The average Bonchev–Trinajstić information content (AvgIpc) is 2.30. The number of carbonyl (C=O) groups is 2. The lowest BCUT2D eigenvalue weighted by Gasteiger charge is -2.15. The monoisotopic (exact) mass is 251 g/mol. The molecule has 0 saturated heterocycles. The van der Waals surface area contributed by atoms with Crippen molar-refractivity contribution in [2.45, 2.75) is 13.8 Å². The summed E-state index contributed by atoms with van der Waals surface area (Å²) in [6, 6.07) is 5.06. The van der Waals surface area contributed by atoms with Crippen molar-refractivity contribution in [2.24, 2.45) is 0 Å². The minimum atomic E-state index is -1.03. The van der Waals surface area contributed by atoms with Crippen molar-refractivity contribution in [1.82, 2.24) is 4.90 Å². The topological polar surface area (TPSA) is 66.8 Å². The van der Waals surface area contributed by atoms with Gasteiger partial charge in [0, 0.05) is 12.6 Å². The molecule has 0 radical (unpaired) electrons. The first-order valence-electron chi connectivity index (χ1n) is 5.66. The normalized spacial score (nSPS) is 9.94. The van der Waals surface area contributed by atoms with Crippen LogP contribution in [0.4, 0.5) is 0 Å². The number of carboxylic acids is 1. The predicted molar refractivity (Wildman–Crippen MR) is 66.9 cm³/mol. The van der Waals surface area contributed by atoms with Gasteiger partial charge in [0.2, 0.25) is 0 Å². The van der Waals surface area contributed by atoms with Gasteiger partial charge in [-0.3, -0.25) is 9.59 Å². The van der Waals surface area contributed by atoms with Gasteiger partial charge in [0.05, 0.1) is 6.61 Å². The van der Waals surface area contributed by atoms with E-state index in [0.717, 1.165) is 16.2 Å². The second-order valence-electron chi connectivity index (χ2n) is 3.97. The molecule has 18 heavy (non-hydrogen) atoms. The van der Waals surface area contributed by atoms with E-state index in [1.54, 1.807) is 18.2 Å². The van der Waals surface area contributed by atoms with E-state index < -0.39 is 5.97 Å². The lowest BCUT2D eigenvalue weighted by molar-refractivity contribution is -0.137. The average molecular weight is 251 g/mol. The highest BCUT2D eigenvalue weighted by atomic mass is 16.5. The van der Waals surface area contributed by atoms with Gasteiger partial charge in [-0.15, -0.1) is 0 Å². The molecule has 98 valence electrons. The molecule has 0 heterocycles. The number of likely N-dealkylation sites (N-methyl/N-ethyl adjacent to an activating group) is 1. The number of aliphatic carboxylic acids is 1. The molecule has 1 aromatic carbocycles. The standard InChI is InChI=1S/C13H17NO4/c1-4-18-11-6-5-10(7-9(11)2)13(17)14(3)8-12(15)16/h5-7H,4,8H2,1-3H3,(H,15,16). The third kappa shape index (κ3) is 3.48. The summed E-state index contributed by atoms with van der Waals surface area (Å²) in [5.41, 5.74) is 1.31. The summed E-state index contributed by atoms with van der Waals surface area (Å²) >= 11 is 0. The van der Waals surface area contributed by atoms with Crippen LogP contribution < -0.4 is 4.74 Å². The highest BCUT2D eigenvalue weighted by molar-refractivity contribution is 5.96. The summed E-state index contributed by atoms with van der Waals surface area (Å²) in [4.78, 5) is 23.6. The number of nitrogens with zero attached hydrogens (tertiary/aromatic N) is 1. The van der Waals surface area contributed by atoms with Crippen molar-refractivity contribution < 1.29 is 19.4 Å². The summed E-state index contributed by atoms with van der Waals surface area (Å²) < 4.78 is 5.38. The van der Waals surface area contributed by atoms with Crippen LogP contribution in [0, 0.1) is 6.92 Å². The first-order chi connectivity index (χ1) is 8.45. The molecule has 0 aliphatic carbocycles. The lowest BCUT2D eigenvalue weighted by atomic mass is 10.1. The van der Waals surface area contributed by atoms with Crippen LogP contribution in [-0.2, 0) is 4.79 Å². The van der Waals surface area contributed by atoms with Crippen molar-refractivity contribution in [3.63, 3.8) is 0 Å². The Morgan fingerprint density at radius 1 is 1.39 bits per heavy atom. The number of benzene rings is 1. The van der Waals surface area contributed by atoms with Crippen LogP contribution in [-0.4, -0.2) is 42.1 Å². The van der Waals surface area contributed by atoms with Gasteiger partial charge >= 0.3 is 5.97 Å². The van der Waals surface area contributed by atoms with Gasteiger partial charge in [-0.25, -0.2) is 0 Å². The Morgan fingerprint density at radius 2 is 2.06 bits per heavy atom. The SMILES string of the molecule is CCOc1ccc(C(=O)N(C)CC(=O)O)cc1C. The summed E-state index contributed by atoms with van der Waals surface area (Å²) in [7, 11) is 1.46. The molecule has 0 unspecified atom stereocenters. The van der Waals surface area contributed by atoms with E-state index in [0.29, 0.717) is 12.2 Å². The molecular formula is C13H17NO4. The molecule has 5 heteroatoms. The molecule has 0 aliphatic heterocycles. The number of hydrogen-bond acceptors (Lipinski definition) is 3. The van der Waals surface area contributed by atoms with Crippen molar-refractivity contribution in [2.75, 3.05) is 20.2 Å². The molecule has 1 rings (SSSR count). The summed E-state index contributed by atoms with van der Waals surface area (Å²) in [6.45, 7) is 3.98. The fourth-order valence-corrected chi connectivity index (χ4v) is 1.59. The van der Waals surface area contributed by atoms with E-state index in [9.17, 15) is 9.59 Å². The van der Waals surface area contributed by atoms with Gasteiger partial charge in [-0.2, -0.15) is 0 Å². The molecule has 1 amide bonds. The van der Waals surface area contributed by atoms with Gasteiger partial charge in [0.25, 0.3) is 5.91 Å². The zero-order valence-corrected chi connectivity index (χ0v) is 10.8.